The second-order valence-corrected chi connectivity index (χ2v) is 14.9. The van der Waals surface area contributed by atoms with E-state index >= 15 is 0 Å². The molecule has 25 nitrogen and oxygen atoms in total. The summed E-state index contributed by atoms with van der Waals surface area (Å²) in [4.78, 5) is 51.8. The number of esters is 1. The first kappa shape index (κ1) is 69.1. The third-order valence-corrected chi connectivity index (χ3v) is 9.14. The van der Waals surface area contributed by atoms with E-state index in [0.29, 0.717) is 26.1 Å². The highest BCUT2D eigenvalue weighted by Crippen LogP contribution is 2.25. The fraction of sp³-hybridized carbons (Fsp3) is 0.744. The Balaban J connectivity index is -0.000000392. The van der Waals surface area contributed by atoms with Crippen LogP contribution in [0.4, 0.5) is 4.79 Å². The molecule has 28 heteroatoms. The molecule has 0 unspecified atom stereocenters. The van der Waals surface area contributed by atoms with Gasteiger partial charge in [0.1, 0.15) is 12.6 Å². The van der Waals surface area contributed by atoms with Gasteiger partial charge in [-0.2, -0.15) is 0 Å². The van der Waals surface area contributed by atoms with Crippen LogP contribution in [0.25, 0.3) is 0 Å². The van der Waals surface area contributed by atoms with E-state index < -0.39 is 44.0 Å². The lowest BCUT2D eigenvalue weighted by molar-refractivity contribution is -0.145. The van der Waals surface area contributed by atoms with Crippen molar-refractivity contribution in [3.05, 3.63) is 35.9 Å². The van der Waals surface area contributed by atoms with Crippen molar-refractivity contribution in [2.75, 3.05) is 86.0 Å². The number of nitrogens with zero attached hydrogens (tertiary/aromatic N) is 3. The molecule has 3 amide bonds. The van der Waals surface area contributed by atoms with Gasteiger partial charge in [-0.25, -0.2) is 4.79 Å². The Labute approximate surface area is 396 Å². The van der Waals surface area contributed by atoms with Crippen LogP contribution in [0, 0.1) is 5.92 Å². The summed E-state index contributed by atoms with van der Waals surface area (Å²) < 4.78 is 85.9. The van der Waals surface area contributed by atoms with Gasteiger partial charge in [0, 0.05) is 45.9 Å². The van der Waals surface area contributed by atoms with E-state index in [1.807, 2.05) is 30.3 Å². The molecule has 1 saturated carbocycles. The van der Waals surface area contributed by atoms with E-state index in [2.05, 4.69) is 10.1 Å². The summed E-state index contributed by atoms with van der Waals surface area (Å²) in [7, 11) is -7.87. The molecule has 2 saturated heterocycles. The average molecular weight is 1030 g/mol. The van der Waals surface area contributed by atoms with Gasteiger partial charge in [0.25, 0.3) is 0 Å². The monoisotopic (exact) mass is 1030 g/mol. The molecule has 0 spiro atoms. The van der Waals surface area contributed by atoms with Crippen molar-refractivity contribution in [3.8, 4) is 0 Å². The lowest BCUT2D eigenvalue weighted by atomic mass is 10.1. The quantitative estimate of drug-likeness (QED) is 0.0673. The number of benzene rings is 1. The number of carbonyl (C=O) groups is 4. The fourth-order valence-electron chi connectivity index (χ4n) is 6.25. The Kier molecular flexibility index (Phi) is 48.0. The molecular formula is C39H70N4O21S3. The number of unbranched alkanes of at least 4 members (excludes halogenated alkanes) is 2. The van der Waals surface area contributed by atoms with Crippen LogP contribution in [0.5, 0.6) is 0 Å². The summed E-state index contributed by atoms with van der Waals surface area (Å²) >= 11 is 0. The van der Waals surface area contributed by atoms with Crippen molar-refractivity contribution in [2.45, 2.75) is 96.7 Å². The van der Waals surface area contributed by atoms with Crippen LogP contribution in [-0.2, 0) is 62.3 Å². The summed E-state index contributed by atoms with van der Waals surface area (Å²) in [5.41, 5.74) is 0.884. The van der Waals surface area contributed by atoms with E-state index in [1.54, 1.807) is 0 Å². The largest absolute Gasteiger partial charge is 0.469 e. The van der Waals surface area contributed by atoms with Crippen LogP contribution >= 0.6 is 0 Å². The first-order valence-corrected chi connectivity index (χ1v) is 23.7. The zero-order chi connectivity index (χ0) is 50.7. The number of hydrogen-bond donors (Lipinski definition) is 7. The molecule has 2 atom stereocenters. The van der Waals surface area contributed by atoms with Gasteiger partial charge >= 0.3 is 43.9 Å². The molecule has 0 radical (unpaired) electrons. The predicted molar refractivity (Wildman–Crippen MR) is 237 cm³/mol. The maximum absolute atomic E-state index is 12.6. The Morgan fingerprint density at radius 3 is 1.46 bits per heavy atom. The maximum Gasteiger partial charge on any atom is 0.425 e. The maximum atomic E-state index is 12.6. The molecule has 0 bridgehead atoms. The number of carbonyl (C=O) groups excluding carboxylic acids is 4. The molecule has 2 aliphatic heterocycles. The van der Waals surface area contributed by atoms with Crippen molar-refractivity contribution >= 4 is 55.7 Å². The molecule has 2 heterocycles. The highest BCUT2D eigenvalue weighted by atomic mass is 32.2. The molecule has 0 aromatic heterocycles. The van der Waals surface area contributed by atoms with E-state index in [9.17, 15) is 19.2 Å². The summed E-state index contributed by atoms with van der Waals surface area (Å²) in [6.07, 6.45) is 9.68. The molecule has 1 aromatic carbocycles. The van der Waals surface area contributed by atoms with Crippen LogP contribution < -0.4 is 5.32 Å². The molecule has 4 rings (SSSR count). The minimum absolute atomic E-state index is 0. The zero-order valence-electron chi connectivity index (χ0n) is 37.0. The number of ether oxygens (including phenoxy) is 2. The molecule has 7 N–H and O–H groups in total. The number of amides is 3. The fourth-order valence-corrected chi connectivity index (χ4v) is 6.25. The van der Waals surface area contributed by atoms with Gasteiger partial charge in [0.15, 0.2) is 0 Å². The number of hydrogen-bond acceptors (Lipinski definition) is 22. The average Bonchev–Trinajstić information content (AvgIpc) is 4.10. The van der Waals surface area contributed by atoms with Crippen LogP contribution in [0.15, 0.2) is 30.3 Å². The summed E-state index contributed by atoms with van der Waals surface area (Å²) in [6, 6.07) is 8.64. The van der Waals surface area contributed by atoms with Gasteiger partial charge in [-0.1, -0.05) is 50.6 Å². The molecule has 1 aromatic rings. The molecule has 3 aliphatic rings. The second kappa shape index (κ2) is 46.6. The van der Waals surface area contributed by atoms with E-state index in [-0.39, 0.29) is 96.5 Å². The highest BCUT2D eigenvalue weighted by Gasteiger charge is 2.37. The molecule has 3 fully saturated rings. The second-order valence-electron chi connectivity index (χ2n) is 13.7. The topological polar surface area (TPSA) is 384 Å². The molecule has 1 aliphatic carbocycles. The Bertz CT molecular complexity index is 1680. The lowest BCUT2D eigenvalue weighted by Crippen LogP contribution is -2.49. The Hall–Kier alpha value is -4.52. The van der Waals surface area contributed by atoms with Crippen LogP contribution in [0.1, 0.15) is 83.6 Å². The molecular weight excluding hydrogens is 957 g/mol. The van der Waals surface area contributed by atoms with Crippen molar-refractivity contribution in [3.63, 3.8) is 0 Å². The van der Waals surface area contributed by atoms with E-state index in [4.69, 9.17) is 73.3 Å². The van der Waals surface area contributed by atoms with Crippen LogP contribution in [0.2, 0.25) is 0 Å². The van der Waals surface area contributed by atoms with E-state index in [1.165, 1.54) is 34.7 Å². The Morgan fingerprint density at radius 2 is 1.07 bits per heavy atom. The van der Waals surface area contributed by atoms with Crippen molar-refractivity contribution in [1.82, 2.24) is 20.0 Å². The number of likely N-dealkylation sites (tertiary alicyclic amines) is 1. The summed E-state index contributed by atoms with van der Waals surface area (Å²) in [5.74, 6) is -0.0691. The first-order valence-electron chi connectivity index (χ1n) is 20.7. The van der Waals surface area contributed by atoms with Gasteiger partial charge in [-0.15, -0.1) is 37.9 Å². The third-order valence-electron chi connectivity index (χ3n) is 9.14. The SMILES string of the molecule is C.COC(=O)C1CCCC1.O=C([C@@H]1CCCN1)N(CCO)CCO.O=C([C@@H]1CCCN1C(=O)OCc1ccccc1)N(CCO)CCO.O=S(=O)=O.O=S(=O)=O.O=S(=O)=O.OCCCCCO. The minimum atomic E-state index is -3.11. The van der Waals surface area contributed by atoms with Gasteiger partial charge in [-0.05, 0) is 69.9 Å². The summed E-state index contributed by atoms with van der Waals surface area (Å²) in [5, 5.41) is 55.2. The lowest BCUT2D eigenvalue weighted by Gasteiger charge is -2.29. The van der Waals surface area contributed by atoms with Crippen LogP contribution in [-0.4, -0.2) is 205 Å². The highest BCUT2D eigenvalue weighted by molar-refractivity contribution is 7.59. The zero-order valence-corrected chi connectivity index (χ0v) is 39.4. The summed E-state index contributed by atoms with van der Waals surface area (Å²) in [6.45, 7) is 2.41. The predicted octanol–water partition coefficient (Wildman–Crippen LogP) is -1.73. The molecule has 390 valence electrons. The standard InChI is InChI=1S/C17H24N2O5.C9H18N2O3.C7H12O2.C5H12O2.CH4.3O3S/c20-11-9-18(10-12-21)16(22)15-7-4-8-19(15)17(23)24-13-14-5-2-1-3-6-14;12-6-4-11(5-7-13)9(14)8-2-1-3-10-8;1-9-7(8)6-4-2-3-5-6;6-4-2-1-3-5-7;;3*1-4(2)3/h1-3,5-6,15,20-21H,4,7-13H2;8,10,12-13H,1-7H2;6H,2-5H2,1H3;6-7H,1-5H2;1H4;;;/t15-;8-;;;;;;/m00....../s1. The third kappa shape index (κ3) is 39.2. The van der Waals surface area contributed by atoms with Gasteiger partial charge in [0.05, 0.1) is 45.5 Å². The number of methoxy groups -OCH3 is 1. The smallest absolute Gasteiger partial charge is 0.425 e. The number of rotatable bonds is 17. The first-order chi connectivity index (χ1) is 31.4. The van der Waals surface area contributed by atoms with Crippen molar-refractivity contribution in [2.24, 2.45) is 5.92 Å². The van der Waals surface area contributed by atoms with Crippen molar-refractivity contribution in [1.29, 1.82) is 0 Å². The molecule has 67 heavy (non-hydrogen) atoms. The van der Waals surface area contributed by atoms with Gasteiger partial charge in [0.2, 0.25) is 11.8 Å². The van der Waals surface area contributed by atoms with Crippen molar-refractivity contribution < 1.29 is 97.2 Å². The number of aliphatic hydroxyl groups is 6. The van der Waals surface area contributed by atoms with Crippen LogP contribution in [0.3, 0.4) is 0 Å². The normalized spacial score (nSPS) is 15.2. The Morgan fingerprint density at radius 1 is 0.627 bits per heavy atom. The number of aliphatic hydroxyl groups excluding tert-OH is 6. The minimum Gasteiger partial charge on any atom is -0.469 e. The number of nitrogens with one attached hydrogen (secondary N) is 1. The van der Waals surface area contributed by atoms with Gasteiger partial charge in [-0.3, -0.25) is 19.3 Å². The van der Waals surface area contributed by atoms with Gasteiger partial charge < -0.3 is 55.2 Å². The van der Waals surface area contributed by atoms with E-state index in [0.717, 1.165) is 63.5 Å².